The molecular formula is C28H20N4O7. The van der Waals surface area contributed by atoms with Crippen molar-refractivity contribution in [2.24, 2.45) is 5.10 Å². The molecule has 4 aromatic rings. The van der Waals surface area contributed by atoms with E-state index < -0.39 is 16.7 Å². The number of non-ortho nitro benzene ring substituents is 1. The fourth-order valence-corrected chi connectivity index (χ4v) is 3.68. The van der Waals surface area contributed by atoms with Crippen molar-refractivity contribution in [3.63, 3.8) is 0 Å². The van der Waals surface area contributed by atoms with Gasteiger partial charge in [-0.1, -0.05) is 36.4 Å². The van der Waals surface area contributed by atoms with Gasteiger partial charge in [0.25, 0.3) is 17.5 Å². The second-order valence-corrected chi connectivity index (χ2v) is 8.20. The van der Waals surface area contributed by atoms with Crippen LogP contribution in [0.3, 0.4) is 0 Å². The maximum atomic E-state index is 13.0. The van der Waals surface area contributed by atoms with E-state index in [2.05, 4.69) is 15.8 Å². The van der Waals surface area contributed by atoms with Gasteiger partial charge < -0.3 is 19.2 Å². The van der Waals surface area contributed by atoms with Gasteiger partial charge in [0.05, 0.1) is 11.1 Å². The van der Waals surface area contributed by atoms with Crippen molar-refractivity contribution in [2.45, 2.75) is 0 Å². The Morgan fingerprint density at radius 3 is 2.56 bits per heavy atom. The largest absolute Gasteiger partial charge is 0.455 e. The number of hydrogen-bond acceptors (Lipinski definition) is 8. The smallest absolute Gasteiger partial charge is 0.287 e. The maximum Gasteiger partial charge on any atom is 0.287 e. The molecule has 2 amide bonds. The zero-order chi connectivity index (χ0) is 27.2. The highest BCUT2D eigenvalue weighted by molar-refractivity contribution is 6.05. The second-order valence-electron chi connectivity index (χ2n) is 8.20. The van der Waals surface area contributed by atoms with Crippen LogP contribution in [0.5, 0.6) is 11.5 Å². The molecule has 0 saturated carbocycles. The lowest BCUT2D eigenvalue weighted by atomic mass is 10.1. The van der Waals surface area contributed by atoms with Gasteiger partial charge in [-0.3, -0.25) is 19.7 Å². The van der Waals surface area contributed by atoms with E-state index in [1.165, 1.54) is 24.4 Å². The molecule has 0 spiro atoms. The van der Waals surface area contributed by atoms with Gasteiger partial charge in [-0.05, 0) is 48.0 Å². The molecule has 0 aliphatic carbocycles. The van der Waals surface area contributed by atoms with Crippen molar-refractivity contribution < 1.29 is 28.4 Å². The van der Waals surface area contributed by atoms with Crippen LogP contribution < -0.4 is 20.2 Å². The number of nitrogens with zero attached hydrogens (tertiary/aromatic N) is 2. The topological polar surface area (TPSA) is 145 Å². The molecule has 0 bridgehead atoms. The standard InChI is InChI=1S/C28H20N4O7/c33-27(19-5-2-1-3-6-19)30-23(13-18-9-11-25-26(14-18)38-17-37-25)28(34)31-29-16-22-10-12-24(39-22)20-7-4-8-21(15-20)32(35)36/h1-16H,17H2,(H,30,33)(H,31,34)/b23-13+,29-16+. The summed E-state index contributed by atoms with van der Waals surface area (Å²) in [5.41, 5.74) is 3.73. The average Bonchev–Trinajstić information content (AvgIpc) is 3.63. The van der Waals surface area contributed by atoms with Gasteiger partial charge in [-0.25, -0.2) is 5.43 Å². The summed E-state index contributed by atoms with van der Waals surface area (Å²) in [4.78, 5) is 36.3. The summed E-state index contributed by atoms with van der Waals surface area (Å²) in [5, 5.41) is 17.6. The Kier molecular flexibility index (Phi) is 7.13. The van der Waals surface area contributed by atoms with Gasteiger partial charge in [0, 0.05) is 23.3 Å². The molecule has 194 valence electrons. The minimum atomic E-state index is -0.682. The summed E-state index contributed by atoms with van der Waals surface area (Å²) in [7, 11) is 0. The van der Waals surface area contributed by atoms with Crippen molar-refractivity contribution >= 4 is 29.8 Å². The summed E-state index contributed by atoms with van der Waals surface area (Å²) in [6.07, 6.45) is 2.76. The number of amides is 2. The monoisotopic (exact) mass is 524 g/mol. The SMILES string of the molecule is O=C(N/N=C/c1ccc(-c2cccc([N+](=O)[O-])c2)o1)/C(=C\c1ccc2c(c1)OCO2)NC(=O)c1ccccc1. The molecule has 0 unspecified atom stereocenters. The number of nitro benzene ring substituents is 1. The van der Waals surface area contributed by atoms with Crippen LogP contribution in [0.1, 0.15) is 21.7 Å². The third-order valence-corrected chi connectivity index (χ3v) is 5.56. The van der Waals surface area contributed by atoms with Crippen LogP contribution in [0, 0.1) is 10.1 Å². The first-order valence-corrected chi connectivity index (χ1v) is 11.6. The fourth-order valence-electron chi connectivity index (χ4n) is 3.68. The van der Waals surface area contributed by atoms with Crippen LogP contribution in [0.4, 0.5) is 5.69 Å². The lowest BCUT2D eigenvalue weighted by Gasteiger charge is -2.09. The van der Waals surface area contributed by atoms with Crippen LogP contribution in [-0.4, -0.2) is 29.7 Å². The number of hydrogen-bond donors (Lipinski definition) is 2. The normalized spacial score (nSPS) is 12.4. The molecule has 39 heavy (non-hydrogen) atoms. The number of nitrogens with one attached hydrogen (secondary N) is 2. The van der Waals surface area contributed by atoms with E-state index in [0.29, 0.717) is 39.7 Å². The third kappa shape index (κ3) is 6.00. The Bertz CT molecular complexity index is 1610. The predicted molar refractivity (Wildman–Crippen MR) is 141 cm³/mol. The van der Waals surface area contributed by atoms with E-state index in [9.17, 15) is 19.7 Å². The van der Waals surface area contributed by atoms with Gasteiger partial charge in [0.1, 0.15) is 17.2 Å². The van der Waals surface area contributed by atoms with Crippen LogP contribution in [0.25, 0.3) is 17.4 Å². The van der Waals surface area contributed by atoms with Crippen molar-refractivity contribution in [3.8, 4) is 22.8 Å². The number of rotatable bonds is 8. The van der Waals surface area contributed by atoms with Crippen LogP contribution in [0.15, 0.2) is 100 Å². The first kappa shape index (κ1) is 25.0. The number of carbonyl (C=O) groups is 2. The Balaban J connectivity index is 1.33. The molecule has 0 fully saturated rings. The van der Waals surface area contributed by atoms with Gasteiger partial charge in [0.2, 0.25) is 6.79 Å². The minimum absolute atomic E-state index is 0.0587. The van der Waals surface area contributed by atoms with Gasteiger partial charge in [-0.15, -0.1) is 0 Å². The molecule has 0 saturated heterocycles. The molecule has 1 aromatic heterocycles. The van der Waals surface area contributed by atoms with Crippen LogP contribution >= 0.6 is 0 Å². The number of ether oxygens (including phenoxy) is 2. The molecule has 1 aliphatic heterocycles. The molecule has 5 rings (SSSR count). The molecule has 11 nitrogen and oxygen atoms in total. The van der Waals surface area contributed by atoms with Crippen LogP contribution in [0.2, 0.25) is 0 Å². The average molecular weight is 524 g/mol. The number of furan rings is 1. The molecule has 0 radical (unpaired) electrons. The predicted octanol–water partition coefficient (Wildman–Crippen LogP) is 4.50. The highest BCUT2D eigenvalue weighted by atomic mass is 16.7. The zero-order valence-electron chi connectivity index (χ0n) is 20.2. The molecular weight excluding hydrogens is 504 g/mol. The van der Waals surface area contributed by atoms with Gasteiger partial charge >= 0.3 is 0 Å². The molecule has 11 heteroatoms. The van der Waals surface area contributed by atoms with Crippen molar-refractivity contribution in [1.29, 1.82) is 0 Å². The highest BCUT2D eigenvalue weighted by Crippen LogP contribution is 2.33. The maximum absolute atomic E-state index is 13.0. The van der Waals surface area contributed by atoms with Gasteiger partial charge in [-0.2, -0.15) is 5.10 Å². The van der Waals surface area contributed by atoms with E-state index in [-0.39, 0.29) is 18.2 Å². The Labute approximate surface area is 221 Å². The first-order chi connectivity index (χ1) is 19.0. The molecule has 3 aromatic carbocycles. The second kappa shape index (κ2) is 11.1. The lowest BCUT2D eigenvalue weighted by molar-refractivity contribution is -0.384. The minimum Gasteiger partial charge on any atom is -0.455 e. The fraction of sp³-hybridized carbons (Fsp3) is 0.0357. The summed E-state index contributed by atoms with van der Waals surface area (Å²) >= 11 is 0. The van der Waals surface area contributed by atoms with E-state index in [0.717, 1.165) is 0 Å². The summed E-state index contributed by atoms with van der Waals surface area (Å²) in [6, 6.07) is 22.8. The Morgan fingerprint density at radius 2 is 1.74 bits per heavy atom. The first-order valence-electron chi connectivity index (χ1n) is 11.6. The van der Waals surface area contributed by atoms with Crippen LogP contribution in [-0.2, 0) is 4.79 Å². The molecule has 2 N–H and O–H groups in total. The summed E-state index contributed by atoms with van der Waals surface area (Å²) < 4.78 is 16.4. The van der Waals surface area contributed by atoms with E-state index in [1.807, 2.05) is 0 Å². The molecule has 2 heterocycles. The Hall–Kier alpha value is -5.71. The van der Waals surface area contributed by atoms with E-state index in [4.69, 9.17) is 13.9 Å². The number of benzene rings is 3. The summed E-state index contributed by atoms with van der Waals surface area (Å²) in [6.45, 7) is 0.102. The van der Waals surface area contributed by atoms with Crippen molar-refractivity contribution in [3.05, 3.63) is 118 Å². The zero-order valence-corrected chi connectivity index (χ0v) is 20.2. The molecule has 0 atom stereocenters. The third-order valence-electron chi connectivity index (χ3n) is 5.56. The van der Waals surface area contributed by atoms with E-state index in [1.54, 1.807) is 72.8 Å². The lowest BCUT2D eigenvalue weighted by Crippen LogP contribution is -2.32. The van der Waals surface area contributed by atoms with E-state index >= 15 is 0 Å². The number of fused-ring (bicyclic) bond motifs is 1. The molecule has 1 aliphatic rings. The summed E-state index contributed by atoms with van der Waals surface area (Å²) in [5.74, 6) is 0.636. The number of carbonyl (C=O) groups excluding carboxylic acids is 2. The Morgan fingerprint density at radius 1 is 0.923 bits per heavy atom. The highest BCUT2D eigenvalue weighted by Gasteiger charge is 2.17. The van der Waals surface area contributed by atoms with Crippen molar-refractivity contribution in [2.75, 3.05) is 6.79 Å². The number of nitro groups is 1. The number of hydrazone groups is 1. The van der Waals surface area contributed by atoms with Gasteiger partial charge in [0.15, 0.2) is 11.5 Å². The van der Waals surface area contributed by atoms with Crippen molar-refractivity contribution in [1.82, 2.24) is 10.7 Å². The quantitative estimate of drug-likeness (QED) is 0.149.